The van der Waals surface area contributed by atoms with Crippen LogP contribution in [-0.2, 0) is 10.0 Å². The zero-order chi connectivity index (χ0) is 21.4. The van der Waals surface area contributed by atoms with Crippen LogP contribution in [0.15, 0.2) is 48.1 Å². The van der Waals surface area contributed by atoms with Crippen LogP contribution in [0.5, 0.6) is 0 Å². The topological polar surface area (TPSA) is 153 Å². The number of H-pyrrole nitrogens is 2. The van der Waals surface area contributed by atoms with Crippen molar-refractivity contribution in [3.05, 3.63) is 43.1 Å². The number of aromatic nitrogens is 6. The molecule has 0 fully saturated rings. The number of hydrogen-bond donors (Lipinski definition) is 3. The number of nitriles is 1. The van der Waals surface area contributed by atoms with Crippen molar-refractivity contribution in [1.29, 1.82) is 5.26 Å². The number of pyridine rings is 1. The number of nitrogens with one attached hydrogen (secondary N) is 3. The average Bonchev–Trinajstić information content (AvgIpc) is 3.41. The van der Waals surface area contributed by atoms with Crippen molar-refractivity contribution in [3.8, 4) is 28.6 Å². The molecule has 0 aliphatic heterocycles. The Labute approximate surface area is 172 Å². The fourth-order valence-electron chi connectivity index (χ4n) is 2.71. The van der Waals surface area contributed by atoms with Crippen LogP contribution in [-0.4, -0.2) is 45.1 Å². The molecule has 4 aromatic heterocycles. The van der Waals surface area contributed by atoms with Crippen LogP contribution in [0.1, 0.15) is 13.8 Å². The first-order valence-electron chi connectivity index (χ1n) is 8.99. The SMILES string of the molecule is CC(C)(C#N)CNS(=O)(=O)c1cncc(-c2cnc3[nH]c(-c4cn[nH]c4)cc3c2)n1. The van der Waals surface area contributed by atoms with Gasteiger partial charge in [0, 0.05) is 35.5 Å². The van der Waals surface area contributed by atoms with Crippen molar-refractivity contribution >= 4 is 21.1 Å². The highest BCUT2D eigenvalue weighted by Crippen LogP contribution is 2.26. The van der Waals surface area contributed by atoms with E-state index in [0.717, 1.165) is 16.6 Å². The first-order valence-corrected chi connectivity index (χ1v) is 10.5. The molecule has 3 N–H and O–H groups in total. The number of hydrogen-bond acceptors (Lipinski definition) is 7. The molecule has 0 spiro atoms. The van der Waals surface area contributed by atoms with Gasteiger partial charge in [-0.15, -0.1) is 0 Å². The lowest BCUT2D eigenvalue weighted by molar-refractivity contribution is 0.478. The molecular weight excluding hydrogens is 404 g/mol. The Balaban J connectivity index is 1.65. The van der Waals surface area contributed by atoms with Gasteiger partial charge in [-0.2, -0.15) is 10.4 Å². The van der Waals surface area contributed by atoms with Crippen LogP contribution in [0.3, 0.4) is 0 Å². The van der Waals surface area contributed by atoms with Crippen LogP contribution in [0.4, 0.5) is 0 Å². The molecule has 11 heteroatoms. The highest BCUT2D eigenvalue weighted by Gasteiger charge is 2.23. The smallest absolute Gasteiger partial charge is 0.259 e. The van der Waals surface area contributed by atoms with Gasteiger partial charge in [-0.05, 0) is 26.0 Å². The minimum absolute atomic E-state index is 0.0363. The summed E-state index contributed by atoms with van der Waals surface area (Å²) in [5.74, 6) is 0. The van der Waals surface area contributed by atoms with Gasteiger partial charge in [0.05, 0.1) is 41.5 Å². The fourth-order valence-corrected chi connectivity index (χ4v) is 3.83. The second kappa shape index (κ2) is 7.33. The molecule has 152 valence electrons. The molecule has 0 amide bonds. The van der Waals surface area contributed by atoms with Gasteiger partial charge in [0.25, 0.3) is 10.0 Å². The van der Waals surface area contributed by atoms with Crippen LogP contribution in [0.2, 0.25) is 0 Å². The fraction of sp³-hybridized carbons (Fsp3) is 0.211. The number of sulfonamides is 1. The van der Waals surface area contributed by atoms with E-state index in [2.05, 4.69) is 40.9 Å². The van der Waals surface area contributed by atoms with Crippen molar-refractivity contribution in [2.75, 3.05) is 6.54 Å². The van der Waals surface area contributed by atoms with Crippen LogP contribution >= 0.6 is 0 Å². The van der Waals surface area contributed by atoms with Gasteiger partial charge in [0.15, 0.2) is 5.03 Å². The molecule has 0 aliphatic carbocycles. The van der Waals surface area contributed by atoms with Gasteiger partial charge in [-0.25, -0.2) is 23.1 Å². The van der Waals surface area contributed by atoms with Gasteiger partial charge >= 0.3 is 0 Å². The monoisotopic (exact) mass is 422 g/mol. The maximum absolute atomic E-state index is 12.6. The molecule has 4 rings (SSSR count). The molecule has 0 radical (unpaired) electrons. The Morgan fingerprint density at radius 3 is 2.73 bits per heavy atom. The third-order valence-electron chi connectivity index (χ3n) is 4.47. The van der Waals surface area contributed by atoms with Crippen molar-refractivity contribution in [2.24, 2.45) is 5.41 Å². The number of nitrogens with zero attached hydrogens (tertiary/aromatic N) is 5. The van der Waals surface area contributed by atoms with E-state index in [1.807, 2.05) is 12.1 Å². The lowest BCUT2D eigenvalue weighted by Gasteiger charge is -2.15. The van der Waals surface area contributed by atoms with Crippen molar-refractivity contribution in [1.82, 2.24) is 34.9 Å². The molecule has 0 aromatic carbocycles. The molecule has 30 heavy (non-hydrogen) atoms. The maximum Gasteiger partial charge on any atom is 0.259 e. The van der Waals surface area contributed by atoms with Crippen molar-refractivity contribution in [2.45, 2.75) is 18.9 Å². The standard InChI is InChI=1S/C19H18N8O2S/c1-19(2,10-20)11-25-30(28,29)17-9-21-8-16(26-17)13-3-12-4-15(14-6-23-24-7-14)27-18(12)22-5-13/h3-9,25H,11H2,1-2H3,(H,22,27)(H,23,24). The largest absolute Gasteiger partial charge is 0.339 e. The summed E-state index contributed by atoms with van der Waals surface area (Å²) in [4.78, 5) is 15.9. The number of aromatic amines is 2. The Morgan fingerprint density at radius 1 is 1.17 bits per heavy atom. The van der Waals surface area contributed by atoms with E-state index >= 15 is 0 Å². The van der Waals surface area contributed by atoms with E-state index in [-0.39, 0.29) is 11.6 Å². The summed E-state index contributed by atoms with van der Waals surface area (Å²) in [6, 6.07) is 5.83. The summed E-state index contributed by atoms with van der Waals surface area (Å²) in [7, 11) is -3.91. The Kier molecular flexibility index (Phi) is 4.81. The zero-order valence-electron chi connectivity index (χ0n) is 16.2. The Morgan fingerprint density at radius 2 is 2.00 bits per heavy atom. The van der Waals surface area contributed by atoms with E-state index in [4.69, 9.17) is 5.26 Å². The average molecular weight is 422 g/mol. The zero-order valence-corrected chi connectivity index (χ0v) is 17.0. The minimum atomic E-state index is -3.91. The summed E-state index contributed by atoms with van der Waals surface area (Å²) in [5, 5.41) is 16.4. The predicted octanol–water partition coefficient (Wildman–Crippen LogP) is 2.24. The molecule has 0 unspecified atom stereocenters. The van der Waals surface area contributed by atoms with Crippen LogP contribution in [0.25, 0.3) is 33.5 Å². The van der Waals surface area contributed by atoms with Crippen molar-refractivity contribution < 1.29 is 8.42 Å². The van der Waals surface area contributed by atoms with Crippen LogP contribution in [0, 0.1) is 16.7 Å². The lowest BCUT2D eigenvalue weighted by Crippen LogP contribution is -2.33. The van der Waals surface area contributed by atoms with E-state index in [1.54, 1.807) is 32.4 Å². The molecule has 0 atom stereocenters. The molecule has 0 bridgehead atoms. The first kappa shape index (κ1) is 19.7. The maximum atomic E-state index is 12.6. The van der Waals surface area contributed by atoms with E-state index in [9.17, 15) is 8.42 Å². The lowest BCUT2D eigenvalue weighted by atomic mass is 9.97. The summed E-state index contributed by atoms with van der Waals surface area (Å²) in [6.45, 7) is 3.26. The Bertz CT molecular complexity index is 1350. The summed E-state index contributed by atoms with van der Waals surface area (Å²) in [5.41, 5.74) is 2.60. The van der Waals surface area contributed by atoms with Gasteiger partial charge in [-0.3, -0.25) is 10.1 Å². The first-order chi connectivity index (χ1) is 14.3. The molecule has 0 aliphatic rings. The number of rotatable bonds is 6. The summed E-state index contributed by atoms with van der Waals surface area (Å²) in [6.07, 6.45) is 7.72. The third-order valence-corrected chi connectivity index (χ3v) is 5.74. The van der Waals surface area contributed by atoms with Crippen LogP contribution < -0.4 is 4.72 Å². The molecule has 10 nitrogen and oxygen atoms in total. The molecule has 0 saturated heterocycles. The molecule has 4 heterocycles. The second-order valence-electron chi connectivity index (χ2n) is 7.39. The highest BCUT2D eigenvalue weighted by atomic mass is 32.2. The van der Waals surface area contributed by atoms with E-state index in [1.165, 1.54) is 12.4 Å². The van der Waals surface area contributed by atoms with Gasteiger partial charge in [0.1, 0.15) is 5.65 Å². The number of fused-ring (bicyclic) bond motifs is 1. The third kappa shape index (κ3) is 3.91. The quantitative estimate of drug-likeness (QED) is 0.430. The summed E-state index contributed by atoms with van der Waals surface area (Å²) < 4.78 is 27.6. The molecular formula is C19H18N8O2S. The van der Waals surface area contributed by atoms with Gasteiger partial charge in [0.2, 0.25) is 0 Å². The highest BCUT2D eigenvalue weighted by molar-refractivity contribution is 7.89. The Hall–Kier alpha value is -3.62. The second-order valence-corrected chi connectivity index (χ2v) is 9.11. The normalized spacial score (nSPS) is 12.2. The predicted molar refractivity (Wildman–Crippen MR) is 109 cm³/mol. The van der Waals surface area contributed by atoms with Gasteiger partial charge < -0.3 is 4.98 Å². The molecule has 4 aromatic rings. The van der Waals surface area contributed by atoms with E-state index < -0.39 is 15.4 Å². The minimum Gasteiger partial charge on any atom is -0.339 e. The van der Waals surface area contributed by atoms with Gasteiger partial charge in [-0.1, -0.05) is 0 Å². The van der Waals surface area contributed by atoms with Crippen molar-refractivity contribution in [3.63, 3.8) is 0 Å². The van der Waals surface area contributed by atoms with E-state index in [0.29, 0.717) is 16.9 Å². The summed E-state index contributed by atoms with van der Waals surface area (Å²) >= 11 is 0. The molecule has 0 saturated carbocycles.